The van der Waals surface area contributed by atoms with Crippen LogP contribution < -0.4 is 9.64 Å². The first-order chi connectivity index (χ1) is 5.79. The Kier molecular flexibility index (Phi) is 1.73. The lowest BCUT2D eigenvalue weighted by molar-refractivity contribution is 0.370. The van der Waals surface area contributed by atoms with Crippen molar-refractivity contribution in [3.8, 4) is 5.75 Å². The molecule has 1 aliphatic rings. The largest absolute Gasteiger partial charge is 0.484 e. The monoisotopic (exact) mass is 178 g/mol. The lowest BCUT2D eigenvalue weighted by Crippen LogP contribution is -2.33. The van der Waals surface area contributed by atoms with E-state index in [0.717, 1.165) is 16.4 Å². The van der Waals surface area contributed by atoms with E-state index in [4.69, 9.17) is 17.0 Å². The highest BCUT2D eigenvalue weighted by Gasteiger charge is 2.17. The van der Waals surface area contributed by atoms with Crippen LogP contribution in [0.4, 0.5) is 5.69 Å². The lowest BCUT2D eigenvalue weighted by atomic mass is 10.2. The van der Waals surface area contributed by atoms with Crippen molar-refractivity contribution >= 4 is 22.9 Å². The fourth-order valence-electron chi connectivity index (χ4n) is 1.17. The number of nitrogens with zero attached hydrogens (tertiary/aromatic N) is 1. The third kappa shape index (κ3) is 1.06. The molecule has 0 unspecified atom stereocenters. The summed E-state index contributed by atoms with van der Waals surface area (Å²) in [6.45, 7) is 0.497. The van der Waals surface area contributed by atoms with Crippen LogP contribution in [0.15, 0.2) is 18.2 Å². The van der Waals surface area contributed by atoms with Gasteiger partial charge in [0.15, 0.2) is 0 Å². The van der Waals surface area contributed by atoms with E-state index in [1.54, 1.807) is 0 Å². The molecule has 0 aromatic heterocycles. The Hall–Kier alpha value is -1.09. The van der Waals surface area contributed by atoms with Crippen molar-refractivity contribution in [1.82, 2.24) is 0 Å². The van der Waals surface area contributed by atoms with E-state index in [1.807, 2.05) is 30.1 Å². The second kappa shape index (κ2) is 2.75. The van der Waals surface area contributed by atoms with Crippen LogP contribution in [-0.2, 0) is 0 Å². The highest BCUT2D eigenvalue weighted by molar-refractivity contribution is 7.80. The summed E-state index contributed by atoms with van der Waals surface area (Å²) in [6, 6.07) is 8.59. The van der Waals surface area contributed by atoms with Crippen molar-refractivity contribution in [2.75, 3.05) is 18.6 Å². The van der Waals surface area contributed by atoms with E-state index in [2.05, 4.69) is 6.07 Å². The van der Waals surface area contributed by atoms with Gasteiger partial charge in [0, 0.05) is 7.05 Å². The van der Waals surface area contributed by atoms with Crippen LogP contribution in [0.25, 0.3) is 0 Å². The Balaban J connectivity index is 2.48. The normalized spacial score (nSPS) is 15.4. The van der Waals surface area contributed by atoms with Crippen molar-refractivity contribution < 1.29 is 4.74 Å². The topological polar surface area (TPSA) is 12.5 Å². The molecule has 12 heavy (non-hydrogen) atoms. The smallest absolute Gasteiger partial charge is 0.144 e. The van der Waals surface area contributed by atoms with Crippen LogP contribution in [0.5, 0.6) is 5.75 Å². The SMILES string of the molecule is CN1C(=S)COc2c[c]ccc21. The first-order valence-corrected chi connectivity index (χ1v) is 4.09. The van der Waals surface area contributed by atoms with Gasteiger partial charge in [-0.25, -0.2) is 0 Å². The van der Waals surface area contributed by atoms with E-state index in [1.165, 1.54) is 0 Å². The van der Waals surface area contributed by atoms with Crippen molar-refractivity contribution in [1.29, 1.82) is 0 Å². The fraction of sp³-hybridized carbons (Fsp3) is 0.222. The maximum Gasteiger partial charge on any atom is 0.144 e. The number of thiocarbonyl (C=S) groups is 1. The molecule has 1 aromatic carbocycles. The summed E-state index contributed by atoms with van der Waals surface area (Å²) in [7, 11) is 1.95. The first-order valence-electron chi connectivity index (χ1n) is 3.68. The number of ether oxygens (including phenoxy) is 1. The second-order valence-electron chi connectivity index (χ2n) is 2.64. The van der Waals surface area contributed by atoms with Gasteiger partial charge >= 0.3 is 0 Å². The molecular weight excluding hydrogens is 170 g/mol. The highest BCUT2D eigenvalue weighted by atomic mass is 32.1. The molecule has 1 heterocycles. The Morgan fingerprint density at radius 1 is 1.67 bits per heavy atom. The minimum absolute atomic E-state index is 0.497. The van der Waals surface area contributed by atoms with Crippen LogP contribution in [0.2, 0.25) is 0 Å². The van der Waals surface area contributed by atoms with Crippen molar-refractivity contribution in [3.05, 3.63) is 24.3 Å². The number of fused-ring (bicyclic) bond motifs is 1. The fourth-order valence-corrected chi connectivity index (χ4v) is 1.33. The standard InChI is InChI=1S/C9H8NOS/c1-10-7-4-2-3-5-8(7)11-6-9(10)12/h2,4-5H,6H2,1H3. The third-order valence-electron chi connectivity index (χ3n) is 1.89. The molecule has 0 spiro atoms. The zero-order chi connectivity index (χ0) is 8.55. The van der Waals surface area contributed by atoms with Gasteiger partial charge in [-0.05, 0) is 18.2 Å². The molecule has 1 aromatic rings. The van der Waals surface area contributed by atoms with Gasteiger partial charge in [0.05, 0.1) is 5.69 Å². The highest BCUT2D eigenvalue weighted by Crippen LogP contribution is 2.30. The molecule has 61 valence electrons. The molecule has 3 heteroatoms. The zero-order valence-electron chi connectivity index (χ0n) is 6.70. The maximum absolute atomic E-state index is 5.39. The van der Waals surface area contributed by atoms with Gasteiger partial charge in [-0.3, -0.25) is 0 Å². The Bertz CT molecular complexity index is 324. The van der Waals surface area contributed by atoms with Gasteiger partial charge in [0.1, 0.15) is 17.3 Å². The Labute approximate surface area is 76.8 Å². The summed E-state index contributed by atoms with van der Waals surface area (Å²) >= 11 is 5.10. The van der Waals surface area contributed by atoms with Crippen LogP contribution in [0, 0.1) is 6.07 Å². The number of hydrogen-bond acceptors (Lipinski definition) is 2. The predicted octanol–water partition coefficient (Wildman–Crippen LogP) is 1.64. The van der Waals surface area contributed by atoms with Crippen molar-refractivity contribution in [2.24, 2.45) is 0 Å². The number of anilines is 1. The summed E-state index contributed by atoms with van der Waals surface area (Å²) in [6.07, 6.45) is 0. The molecule has 0 N–H and O–H groups in total. The van der Waals surface area contributed by atoms with Crippen LogP contribution in [0.3, 0.4) is 0 Å². The molecule has 0 aliphatic carbocycles. The summed E-state index contributed by atoms with van der Waals surface area (Å²) in [5.41, 5.74) is 1.02. The molecule has 0 fully saturated rings. The molecule has 0 saturated carbocycles. The minimum Gasteiger partial charge on any atom is -0.484 e. The van der Waals surface area contributed by atoms with Crippen LogP contribution in [0.1, 0.15) is 0 Å². The van der Waals surface area contributed by atoms with E-state index in [9.17, 15) is 0 Å². The van der Waals surface area contributed by atoms with Gasteiger partial charge in [-0.2, -0.15) is 0 Å². The summed E-state index contributed by atoms with van der Waals surface area (Å²) in [4.78, 5) is 2.77. The quantitative estimate of drug-likeness (QED) is 0.560. The second-order valence-corrected chi connectivity index (χ2v) is 3.11. The molecule has 2 rings (SSSR count). The van der Waals surface area contributed by atoms with E-state index >= 15 is 0 Å². The summed E-state index contributed by atoms with van der Waals surface area (Å²) < 4.78 is 5.39. The molecule has 0 saturated heterocycles. The predicted molar refractivity (Wildman–Crippen MR) is 51.8 cm³/mol. The maximum atomic E-state index is 5.39. The zero-order valence-corrected chi connectivity index (χ0v) is 7.52. The van der Waals surface area contributed by atoms with Gasteiger partial charge < -0.3 is 9.64 Å². The third-order valence-corrected chi connectivity index (χ3v) is 2.28. The number of hydrogen-bond donors (Lipinski definition) is 0. The van der Waals surface area contributed by atoms with E-state index < -0.39 is 0 Å². The summed E-state index contributed by atoms with van der Waals surface area (Å²) in [5, 5.41) is 0. The average Bonchev–Trinajstić information content (AvgIpc) is 2.12. The summed E-state index contributed by atoms with van der Waals surface area (Å²) in [5.74, 6) is 0.855. The Morgan fingerprint density at radius 2 is 2.50 bits per heavy atom. The molecule has 0 bridgehead atoms. The number of rotatable bonds is 0. The molecule has 0 atom stereocenters. The Morgan fingerprint density at radius 3 is 3.33 bits per heavy atom. The van der Waals surface area contributed by atoms with E-state index in [0.29, 0.717) is 6.61 Å². The van der Waals surface area contributed by atoms with E-state index in [-0.39, 0.29) is 0 Å². The van der Waals surface area contributed by atoms with Gasteiger partial charge in [-0.1, -0.05) is 18.3 Å². The lowest BCUT2D eigenvalue weighted by Gasteiger charge is -2.27. The minimum atomic E-state index is 0.497. The molecule has 2 nitrogen and oxygen atoms in total. The molecule has 1 aliphatic heterocycles. The van der Waals surface area contributed by atoms with Crippen LogP contribution in [-0.4, -0.2) is 18.6 Å². The average molecular weight is 178 g/mol. The first kappa shape index (κ1) is 7.55. The number of benzene rings is 1. The van der Waals surface area contributed by atoms with Gasteiger partial charge in [0.2, 0.25) is 0 Å². The van der Waals surface area contributed by atoms with Crippen LogP contribution >= 0.6 is 12.2 Å². The van der Waals surface area contributed by atoms with Crippen molar-refractivity contribution in [3.63, 3.8) is 0 Å². The number of likely N-dealkylation sites (N-methyl/N-ethyl adjacent to an activating group) is 1. The molecule has 0 amide bonds. The van der Waals surface area contributed by atoms with Crippen molar-refractivity contribution in [2.45, 2.75) is 0 Å². The molecule has 1 radical (unpaired) electrons. The van der Waals surface area contributed by atoms with Gasteiger partial charge in [-0.15, -0.1) is 0 Å². The molecular formula is C9H8NOS. The van der Waals surface area contributed by atoms with Gasteiger partial charge in [0.25, 0.3) is 0 Å².